The topological polar surface area (TPSA) is 0 Å². The lowest BCUT2D eigenvalue weighted by Crippen LogP contribution is -2.24. The third-order valence-electron chi connectivity index (χ3n) is 3.36. The minimum absolute atomic E-state index is 0.433. The number of rotatable bonds is 6. The minimum Gasteiger partial charge on any atom is -0.0654 e. The largest absolute Gasteiger partial charge is 0.0654 e. The lowest BCUT2D eigenvalue weighted by molar-refractivity contribution is 0.271. The third kappa shape index (κ3) is 6.98. The highest BCUT2D eigenvalue weighted by Crippen LogP contribution is 2.40. The van der Waals surface area contributed by atoms with Crippen LogP contribution in [-0.4, -0.2) is 0 Å². The third-order valence-corrected chi connectivity index (χ3v) is 3.36. The molecular weight excluding hydrogens is 180 g/mol. The second-order valence-electron chi connectivity index (χ2n) is 6.86. The molecule has 0 aliphatic heterocycles. The number of hydrogen-bond acceptors (Lipinski definition) is 0. The fourth-order valence-electron chi connectivity index (χ4n) is 2.07. The summed E-state index contributed by atoms with van der Waals surface area (Å²) in [6.07, 6.45) is 6.69. The second-order valence-corrected chi connectivity index (χ2v) is 6.86. The molecule has 0 aromatic carbocycles. The van der Waals surface area contributed by atoms with Gasteiger partial charge in [-0.15, -0.1) is 0 Å². The molecule has 91 valence electrons. The first-order valence-electron chi connectivity index (χ1n) is 6.52. The van der Waals surface area contributed by atoms with Crippen molar-refractivity contribution < 1.29 is 0 Å². The molecule has 0 heteroatoms. The van der Waals surface area contributed by atoms with Crippen molar-refractivity contribution in [2.45, 2.75) is 80.6 Å². The average Bonchev–Trinajstić information content (AvgIpc) is 2.01. The maximum atomic E-state index is 2.41. The Hall–Kier alpha value is 0. The summed E-state index contributed by atoms with van der Waals surface area (Å²) >= 11 is 0. The smallest absolute Gasteiger partial charge is 0.0210 e. The molecule has 0 fully saturated rings. The van der Waals surface area contributed by atoms with Crippen molar-refractivity contribution in [3.8, 4) is 0 Å². The van der Waals surface area contributed by atoms with Gasteiger partial charge in [-0.3, -0.25) is 0 Å². The van der Waals surface area contributed by atoms with Gasteiger partial charge in [0.2, 0.25) is 0 Å². The fourth-order valence-corrected chi connectivity index (χ4v) is 2.07. The number of unbranched alkanes of at least 4 members (excludes halogenated alkanes) is 2. The Morgan fingerprint density at radius 2 is 1.47 bits per heavy atom. The second kappa shape index (κ2) is 5.92. The van der Waals surface area contributed by atoms with Crippen molar-refractivity contribution >= 4 is 0 Å². The van der Waals surface area contributed by atoms with Crippen LogP contribution in [0, 0.1) is 16.7 Å². The van der Waals surface area contributed by atoms with Gasteiger partial charge in [0.15, 0.2) is 0 Å². The molecular formula is C15H31. The van der Waals surface area contributed by atoms with Gasteiger partial charge in [-0.25, -0.2) is 0 Å². The van der Waals surface area contributed by atoms with E-state index >= 15 is 0 Å². The maximum absolute atomic E-state index is 2.41. The zero-order valence-corrected chi connectivity index (χ0v) is 12.0. The van der Waals surface area contributed by atoms with Gasteiger partial charge in [0.05, 0.1) is 0 Å². The van der Waals surface area contributed by atoms with Crippen LogP contribution in [0.25, 0.3) is 0 Å². The molecule has 0 bridgehead atoms. The first-order valence-corrected chi connectivity index (χ1v) is 6.52. The molecule has 0 saturated heterocycles. The predicted octanol–water partition coefficient (Wildman–Crippen LogP) is 5.62. The highest BCUT2D eigenvalue weighted by Gasteiger charge is 2.29. The Kier molecular flexibility index (Phi) is 5.92. The van der Waals surface area contributed by atoms with E-state index in [-0.39, 0.29) is 0 Å². The summed E-state index contributed by atoms with van der Waals surface area (Å²) < 4.78 is 0. The van der Waals surface area contributed by atoms with Crippen LogP contribution >= 0.6 is 0 Å². The van der Waals surface area contributed by atoms with Gasteiger partial charge in [0.1, 0.15) is 0 Å². The first-order chi connectivity index (χ1) is 6.69. The van der Waals surface area contributed by atoms with E-state index in [4.69, 9.17) is 0 Å². The monoisotopic (exact) mass is 211 g/mol. The van der Waals surface area contributed by atoms with Crippen molar-refractivity contribution in [3.05, 3.63) is 5.92 Å². The van der Waals surface area contributed by atoms with Crippen LogP contribution < -0.4 is 0 Å². The van der Waals surface area contributed by atoms with Crippen LogP contribution in [0.15, 0.2) is 0 Å². The Labute approximate surface area is 97.8 Å². The maximum Gasteiger partial charge on any atom is -0.0210 e. The molecule has 0 unspecified atom stereocenters. The van der Waals surface area contributed by atoms with Crippen molar-refractivity contribution in [2.75, 3.05) is 0 Å². The Bertz CT molecular complexity index is 159. The lowest BCUT2D eigenvalue weighted by Gasteiger charge is -2.35. The van der Waals surface area contributed by atoms with Gasteiger partial charge in [0.25, 0.3) is 0 Å². The molecule has 0 aliphatic carbocycles. The van der Waals surface area contributed by atoms with Crippen molar-refractivity contribution in [1.82, 2.24) is 0 Å². The van der Waals surface area contributed by atoms with E-state index in [0.717, 1.165) is 0 Å². The molecule has 15 heavy (non-hydrogen) atoms. The molecule has 0 heterocycles. The van der Waals surface area contributed by atoms with Crippen LogP contribution in [0.2, 0.25) is 0 Å². The first kappa shape index (κ1) is 15.0. The Morgan fingerprint density at radius 3 is 1.87 bits per heavy atom. The molecule has 0 aromatic heterocycles. The summed E-state index contributed by atoms with van der Waals surface area (Å²) in [6.45, 7) is 16.4. The standard InChI is InChI=1S/C15H31/c1-8-9-10-11-15(6,7)13(2)12-14(3,4)5/h8-12H2,1-7H3. The van der Waals surface area contributed by atoms with E-state index < -0.39 is 0 Å². The van der Waals surface area contributed by atoms with Crippen molar-refractivity contribution in [3.63, 3.8) is 0 Å². The van der Waals surface area contributed by atoms with Crippen LogP contribution in [0.1, 0.15) is 80.6 Å². The van der Waals surface area contributed by atoms with E-state index in [1.54, 1.807) is 5.92 Å². The molecule has 0 spiro atoms. The van der Waals surface area contributed by atoms with E-state index in [1.165, 1.54) is 32.1 Å². The quantitative estimate of drug-likeness (QED) is 0.500. The van der Waals surface area contributed by atoms with Gasteiger partial charge < -0.3 is 0 Å². The Balaban J connectivity index is 4.07. The summed E-state index contributed by atoms with van der Waals surface area (Å²) in [5.41, 5.74) is 0.870. The van der Waals surface area contributed by atoms with E-state index in [1.807, 2.05) is 0 Å². The normalized spacial score (nSPS) is 13.6. The highest BCUT2D eigenvalue weighted by molar-refractivity contribution is 5.01. The van der Waals surface area contributed by atoms with E-state index in [9.17, 15) is 0 Å². The average molecular weight is 211 g/mol. The summed E-state index contributed by atoms with van der Waals surface area (Å²) in [7, 11) is 0. The van der Waals surface area contributed by atoms with E-state index in [0.29, 0.717) is 10.8 Å². The summed E-state index contributed by atoms with van der Waals surface area (Å²) in [6, 6.07) is 0. The summed E-state index contributed by atoms with van der Waals surface area (Å²) in [5.74, 6) is 1.67. The SMILES string of the molecule is CCCCCC(C)(C)[C](C)CC(C)(C)C. The molecule has 0 nitrogen and oxygen atoms in total. The van der Waals surface area contributed by atoms with E-state index in [2.05, 4.69) is 48.5 Å². The molecule has 0 saturated carbocycles. The Morgan fingerprint density at radius 1 is 0.933 bits per heavy atom. The highest BCUT2D eigenvalue weighted by atomic mass is 14.3. The predicted molar refractivity (Wildman–Crippen MR) is 70.9 cm³/mol. The number of hydrogen-bond donors (Lipinski definition) is 0. The zero-order valence-electron chi connectivity index (χ0n) is 12.0. The molecule has 0 aliphatic rings. The van der Waals surface area contributed by atoms with Gasteiger partial charge in [-0.2, -0.15) is 0 Å². The lowest BCUT2D eigenvalue weighted by atomic mass is 9.70. The molecule has 1 radical (unpaired) electrons. The van der Waals surface area contributed by atoms with Gasteiger partial charge in [-0.1, -0.05) is 67.7 Å². The van der Waals surface area contributed by atoms with Crippen LogP contribution in [0.5, 0.6) is 0 Å². The van der Waals surface area contributed by atoms with Gasteiger partial charge in [-0.05, 0) is 29.6 Å². The summed E-state index contributed by atoms with van der Waals surface area (Å²) in [5, 5.41) is 0. The van der Waals surface area contributed by atoms with Crippen LogP contribution in [0.3, 0.4) is 0 Å². The molecule has 0 N–H and O–H groups in total. The zero-order chi connectivity index (χ0) is 12.1. The van der Waals surface area contributed by atoms with Gasteiger partial charge >= 0.3 is 0 Å². The van der Waals surface area contributed by atoms with Gasteiger partial charge in [0, 0.05) is 0 Å². The molecule has 0 amide bonds. The van der Waals surface area contributed by atoms with Crippen LogP contribution in [-0.2, 0) is 0 Å². The van der Waals surface area contributed by atoms with Crippen LogP contribution in [0.4, 0.5) is 0 Å². The molecule has 0 rings (SSSR count). The fraction of sp³-hybridized carbons (Fsp3) is 0.933. The van der Waals surface area contributed by atoms with Crippen molar-refractivity contribution in [2.24, 2.45) is 10.8 Å². The minimum atomic E-state index is 0.433. The van der Waals surface area contributed by atoms with Crippen molar-refractivity contribution in [1.29, 1.82) is 0 Å². The molecule has 0 atom stereocenters. The summed E-state index contributed by atoms with van der Waals surface area (Å²) in [4.78, 5) is 0. The molecule has 0 aromatic rings.